The topological polar surface area (TPSA) is 12.0 Å². The van der Waals surface area contributed by atoms with Gasteiger partial charge < -0.3 is 0 Å². The molecule has 8 aromatic rings. The van der Waals surface area contributed by atoms with Crippen molar-refractivity contribution in [1.82, 2.24) is 18.3 Å². The monoisotopic (exact) mass is 885 g/mol. The summed E-state index contributed by atoms with van der Waals surface area (Å²) in [6, 6.07) is 84.2. The third kappa shape index (κ3) is 7.02. The molecular formula is C50H34N4Pt+4. The van der Waals surface area contributed by atoms with Crippen LogP contribution >= 0.6 is 0 Å². The molecule has 8 aromatic carbocycles. The van der Waals surface area contributed by atoms with Crippen LogP contribution in [0, 0.1) is 12.1 Å². The molecule has 2 aliphatic heterocycles. The fourth-order valence-electron chi connectivity index (χ4n) is 6.93. The Morgan fingerprint density at radius 3 is 0.964 bits per heavy atom. The molecule has 0 amide bonds. The average molecular weight is 886 g/mol. The van der Waals surface area contributed by atoms with Gasteiger partial charge in [-0.25, -0.2) is 0 Å². The number of nitrogens with zero attached hydrogens (tertiary/aromatic N) is 4. The summed E-state index contributed by atoms with van der Waals surface area (Å²) in [5, 5.41) is 0. The summed E-state index contributed by atoms with van der Waals surface area (Å²) in [4.78, 5) is 0. The van der Waals surface area contributed by atoms with Gasteiger partial charge in [-0.1, -0.05) is 106 Å². The van der Waals surface area contributed by atoms with E-state index in [0.29, 0.717) is 0 Å². The molecule has 0 atom stereocenters. The molecule has 4 nitrogen and oxygen atoms in total. The first kappa shape index (κ1) is 35.2. The van der Waals surface area contributed by atoms with Crippen LogP contribution in [0.4, 0.5) is 45.5 Å². The van der Waals surface area contributed by atoms with E-state index in [2.05, 4.69) is 200 Å². The van der Waals surface area contributed by atoms with E-state index in [-0.39, 0.29) is 21.1 Å². The maximum atomic E-state index is 3.55. The van der Waals surface area contributed by atoms with Crippen molar-refractivity contribution in [3.63, 3.8) is 0 Å². The minimum absolute atomic E-state index is 0. The number of rotatable bonds is 6. The molecule has 260 valence electrons. The first-order valence-corrected chi connectivity index (χ1v) is 18.0. The van der Waals surface area contributed by atoms with Crippen LogP contribution in [0.1, 0.15) is 0 Å². The van der Waals surface area contributed by atoms with E-state index in [4.69, 9.17) is 0 Å². The van der Waals surface area contributed by atoms with Crippen molar-refractivity contribution in [2.45, 2.75) is 0 Å². The zero-order valence-electron chi connectivity index (χ0n) is 29.7. The van der Waals surface area contributed by atoms with Crippen LogP contribution in [-0.4, -0.2) is 12.0 Å². The van der Waals surface area contributed by atoms with E-state index in [1.165, 1.54) is 0 Å². The van der Waals surface area contributed by atoms with Gasteiger partial charge in [0.25, 0.3) is 22.7 Å². The van der Waals surface area contributed by atoms with Crippen LogP contribution in [0.2, 0.25) is 0 Å². The molecule has 0 aliphatic carbocycles. The maximum Gasteiger partial charge on any atom is 2.00 e. The molecule has 0 saturated carbocycles. The van der Waals surface area contributed by atoms with Gasteiger partial charge in [-0.05, 0) is 20.3 Å². The Balaban J connectivity index is 0.000000153. The Bertz CT molecular complexity index is 2570. The molecule has 0 fully saturated rings. The fourth-order valence-corrected chi connectivity index (χ4v) is 6.93. The summed E-state index contributed by atoms with van der Waals surface area (Å²) in [6.07, 6.45) is 0. The zero-order chi connectivity index (χ0) is 36.1. The Labute approximate surface area is 335 Å². The molecule has 0 unspecified atom stereocenters. The van der Waals surface area contributed by atoms with E-state index in [9.17, 15) is 0 Å². The normalized spacial score (nSPS) is 12.1. The minimum atomic E-state index is 0. The summed E-state index contributed by atoms with van der Waals surface area (Å²) in [7, 11) is 0. The number of benzene rings is 8. The number of hydrogen-bond donors (Lipinski definition) is 0. The molecular weight excluding hydrogens is 852 g/mol. The third-order valence-electron chi connectivity index (χ3n) is 9.44. The zero-order valence-corrected chi connectivity index (χ0v) is 32.0. The van der Waals surface area contributed by atoms with Gasteiger partial charge in [0.1, 0.15) is 0 Å². The van der Waals surface area contributed by atoms with Crippen molar-refractivity contribution in [2.24, 2.45) is 0 Å². The molecule has 0 radical (unpaired) electrons. The molecule has 2 heterocycles. The van der Waals surface area contributed by atoms with E-state index in [1.54, 1.807) is 0 Å². The van der Waals surface area contributed by atoms with Crippen molar-refractivity contribution in [1.29, 1.82) is 0 Å². The van der Waals surface area contributed by atoms with Crippen molar-refractivity contribution in [3.8, 4) is 22.3 Å². The van der Waals surface area contributed by atoms with Crippen LogP contribution in [0.3, 0.4) is 0 Å². The van der Waals surface area contributed by atoms with Crippen molar-refractivity contribution < 1.29 is 21.1 Å². The Morgan fingerprint density at radius 1 is 0.291 bits per heavy atom. The molecule has 0 N–H and O–H groups in total. The van der Waals surface area contributed by atoms with Crippen LogP contribution in [0.25, 0.3) is 22.3 Å². The molecule has 0 saturated heterocycles. The van der Waals surface area contributed by atoms with Crippen molar-refractivity contribution >= 4 is 57.5 Å². The Kier molecular flexibility index (Phi) is 10.3. The standard InChI is InChI=1S/2C25H17N2.Pt/c2*1-3-11-20(12-4-1)22-15-7-8-16-23(22)27-19-26(21-13-5-2-6-14-21)24-17-9-10-18-25(24)27;/h2*1-11,13-18H;/q2*+1;+2. The van der Waals surface area contributed by atoms with Gasteiger partial charge in [0, 0.05) is 60.7 Å². The summed E-state index contributed by atoms with van der Waals surface area (Å²) in [5.74, 6) is 0. The summed E-state index contributed by atoms with van der Waals surface area (Å²) in [5.41, 5.74) is 13.3. The summed E-state index contributed by atoms with van der Waals surface area (Å²) >= 11 is 0. The smallest absolute Gasteiger partial charge is 0.147 e. The van der Waals surface area contributed by atoms with Gasteiger partial charge in [-0.2, -0.15) is 0 Å². The Morgan fingerprint density at radius 2 is 0.600 bits per heavy atom. The van der Waals surface area contributed by atoms with Crippen LogP contribution in [0.5, 0.6) is 0 Å². The van der Waals surface area contributed by atoms with E-state index < -0.39 is 0 Å². The molecule has 10 rings (SSSR count). The predicted molar refractivity (Wildman–Crippen MR) is 223 cm³/mol. The number of fused-ring (bicyclic) bond motifs is 2. The average Bonchev–Trinajstić information content (AvgIpc) is 3.85. The first-order chi connectivity index (χ1) is 26.8. The van der Waals surface area contributed by atoms with Crippen molar-refractivity contribution in [2.75, 3.05) is 0 Å². The fraction of sp³-hybridized carbons (Fsp3) is 0. The van der Waals surface area contributed by atoms with Crippen molar-refractivity contribution in [3.05, 3.63) is 218 Å². The summed E-state index contributed by atoms with van der Waals surface area (Å²) in [6.45, 7) is 0. The largest absolute Gasteiger partial charge is 2.00 e. The van der Waals surface area contributed by atoms with Gasteiger partial charge in [-0.3, -0.25) is 0 Å². The molecule has 0 bridgehead atoms. The SMILES string of the molecule is C1=[N+](c2ccccc2)c2ccccc2[N+]=1c1ccccc1-c1[c-]cccc1.C1=[N+](c2ccccc2)c2ccccc2[N+]=1c1ccccc1-c1[c-]cccc1.[Pt+2]. The van der Waals surface area contributed by atoms with Crippen LogP contribution in [-0.2, 0) is 21.1 Å². The molecule has 0 aromatic heterocycles. The second kappa shape index (κ2) is 16.1. The second-order valence-electron chi connectivity index (χ2n) is 12.8. The first-order valence-electron chi connectivity index (χ1n) is 18.0. The quantitative estimate of drug-likeness (QED) is 0.117. The van der Waals surface area contributed by atoms with E-state index in [0.717, 1.165) is 67.8 Å². The number of hydrogen-bond acceptors (Lipinski definition) is 0. The van der Waals surface area contributed by atoms with E-state index in [1.807, 2.05) is 48.5 Å². The molecule has 55 heavy (non-hydrogen) atoms. The van der Waals surface area contributed by atoms with Crippen LogP contribution < -0.4 is 18.3 Å². The second-order valence-corrected chi connectivity index (χ2v) is 12.8. The van der Waals surface area contributed by atoms with Gasteiger partial charge >= 0.3 is 33.1 Å². The van der Waals surface area contributed by atoms with Gasteiger partial charge in [0.15, 0.2) is 11.4 Å². The van der Waals surface area contributed by atoms with Gasteiger partial charge in [-0.15, -0.1) is 71.8 Å². The Hall–Kier alpha value is -6.79. The minimum Gasteiger partial charge on any atom is -0.147 e. The third-order valence-corrected chi connectivity index (χ3v) is 9.44. The van der Waals surface area contributed by atoms with E-state index >= 15 is 0 Å². The van der Waals surface area contributed by atoms with Gasteiger partial charge in [0.05, 0.1) is 0 Å². The molecule has 2 aliphatic rings. The van der Waals surface area contributed by atoms with Crippen LogP contribution in [0.15, 0.2) is 206 Å². The van der Waals surface area contributed by atoms with Gasteiger partial charge in [0.2, 0.25) is 11.4 Å². The molecule has 0 spiro atoms. The maximum absolute atomic E-state index is 3.55. The number of para-hydroxylation sites is 8. The predicted octanol–water partition coefficient (Wildman–Crippen LogP) is 12.0. The summed E-state index contributed by atoms with van der Waals surface area (Å²) < 4.78 is 8.50. The molecule has 5 heteroatoms.